The van der Waals surface area contributed by atoms with Gasteiger partial charge in [0.25, 0.3) is 10.0 Å². The molecule has 0 unspecified atom stereocenters. The Balaban J connectivity index is 2.46. The summed E-state index contributed by atoms with van der Waals surface area (Å²) < 4.78 is 37.7. The van der Waals surface area contributed by atoms with Crippen molar-refractivity contribution in [2.24, 2.45) is 0 Å². The predicted molar refractivity (Wildman–Crippen MR) is 88.5 cm³/mol. The number of hydrogen-bond acceptors (Lipinski definition) is 5. The fraction of sp³-hybridized carbons (Fsp3) is 0.188. The van der Waals surface area contributed by atoms with Gasteiger partial charge in [-0.1, -0.05) is 6.07 Å². The molecule has 0 radical (unpaired) electrons. The van der Waals surface area contributed by atoms with Gasteiger partial charge < -0.3 is 14.6 Å². The lowest BCUT2D eigenvalue weighted by molar-refractivity contribution is 0.0696. The Labute approximate surface area is 139 Å². The molecular formula is C16H17NO6S. The number of ether oxygens (including phenoxy) is 2. The van der Waals surface area contributed by atoms with Gasteiger partial charge in [-0.15, -0.1) is 0 Å². The average Bonchev–Trinajstić information content (AvgIpc) is 2.54. The highest BCUT2D eigenvalue weighted by molar-refractivity contribution is 7.92. The summed E-state index contributed by atoms with van der Waals surface area (Å²) in [5.41, 5.74) is 0.588. The van der Waals surface area contributed by atoms with Crippen molar-refractivity contribution in [3.8, 4) is 11.5 Å². The number of rotatable bonds is 6. The molecule has 0 aromatic heterocycles. The predicted octanol–water partition coefficient (Wildman–Crippen LogP) is 2.51. The van der Waals surface area contributed by atoms with E-state index in [0.29, 0.717) is 17.1 Å². The summed E-state index contributed by atoms with van der Waals surface area (Å²) in [5, 5.41) is 9.14. The molecule has 2 N–H and O–H groups in total. The molecule has 0 amide bonds. The second-order valence-electron chi connectivity index (χ2n) is 4.95. The third-order valence-electron chi connectivity index (χ3n) is 3.40. The molecule has 2 aromatic rings. The molecule has 0 atom stereocenters. The van der Waals surface area contributed by atoms with E-state index in [9.17, 15) is 13.2 Å². The Morgan fingerprint density at radius 3 is 2.38 bits per heavy atom. The van der Waals surface area contributed by atoms with Crippen LogP contribution in [0.4, 0.5) is 5.69 Å². The summed E-state index contributed by atoms with van der Waals surface area (Å²) in [7, 11) is -1.12. The number of hydrogen-bond donors (Lipinski definition) is 2. The summed E-state index contributed by atoms with van der Waals surface area (Å²) in [6.07, 6.45) is 0. The number of aromatic carboxylic acids is 1. The summed E-state index contributed by atoms with van der Waals surface area (Å²) in [6.45, 7) is 1.60. The van der Waals surface area contributed by atoms with Crippen molar-refractivity contribution in [2.45, 2.75) is 11.8 Å². The molecule has 0 heterocycles. The van der Waals surface area contributed by atoms with E-state index in [2.05, 4.69) is 4.72 Å². The zero-order valence-corrected chi connectivity index (χ0v) is 14.2. The first kappa shape index (κ1) is 17.6. The van der Waals surface area contributed by atoms with Crippen molar-refractivity contribution in [3.05, 3.63) is 47.5 Å². The summed E-state index contributed by atoms with van der Waals surface area (Å²) >= 11 is 0. The smallest absolute Gasteiger partial charge is 0.335 e. The van der Waals surface area contributed by atoms with Gasteiger partial charge in [0.05, 0.1) is 30.4 Å². The van der Waals surface area contributed by atoms with Crippen LogP contribution in [0.25, 0.3) is 0 Å². The van der Waals surface area contributed by atoms with E-state index < -0.39 is 16.0 Å². The number of aryl methyl sites for hydroxylation is 1. The van der Waals surface area contributed by atoms with Crippen LogP contribution in [0, 0.1) is 6.92 Å². The molecule has 0 bridgehead atoms. The SMILES string of the molecule is COc1ccc(OC)c(NS(=O)(=O)c2ccc(C)c(C(=O)O)c2)c1. The number of anilines is 1. The molecule has 7 nitrogen and oxygen atoms in total. The Bertz CT molecular complexity index is 876. The van der Waals surface area contributed by atoms with Gasteiger partial charge in [0, 0.05) is 6.07 Å². The van der Waals surface area contributed by atoms with Gasteiger partial charge in [-0.2, -0.15) is 0 Å². The first-order valence-corrected chi connectivity index (χ1v) is 8.35. The zero-order valence-electron chi connectivity index (χ0n) is 13.4. The molecule has 0 aliphatic rings. The molecule has 0 aliphatic heterocycles. The Hall–Kier alpha value is -2.74. The Morgan fingerprint density at radius 2 is 1.79 bits per heavy atom. The molecule has 0 saturated heterocycles. The Morgan fingerprint density at radius 1 is 1.08 bits per heavy atom. The Kier molecular flexibility index (Phi) is 4.99. The number of carbonyl (C=O) groups is 1. The first-order chi connectivity index (χ1) is 11.3. The van der Waals surface area contributed by atoms with Crippen LogP contribution in [0.1, 0.15) is 15.9 Å². The minimum atomic E-state index is -3.99. The second-order valence-corrected chi connectivity index (χ2v) is 6.64. The number of methoxy groups -OCH3 is 2. The average molecular weight is 351 g/mol. The molecular weight excluding hydrogens is 334 g/mol. The lowest BCUT2D eigenvalue weighted by atomic mass is 10.1. The molecule has 2 rings (SSSR count). The van der Waals surface area contributed by atoms with Crippen molar-refractivity contribution >= 4 is 21.7 Å². The van der Waals surface area contributed by atoms with Crippen molar-refractivity contribution in [1.82, 2.24) is 0 Å². The molecule has 8 heteroatoms. The molecule has 0 fully saturated rings. The fourth-order valence-electron chi connectivity index (χ4n) is 2.10. The third kappa shape index (κ3) is 3.60. The van der Waals surface area contributed by atoms with E-state index >= 15 is 0 Å². The van der Waals surface area contributed by atoms with E-state index in [1.165, 1.54) is 32.4 Å². The van der Waals surface area contributed by atoms with Crippen LogP contribution in [-0.4, -0.2) is 33.7 Å². The van der Waals surface area contributed by atoms with Crippen LogP contribution in [-0.2, 0) is 10.0 Å². The van der Waals surface area contributed by atoms with Gasteiger partial charge in [0.2, 0.25) is 0 Å². The second kappa shape index (κ2) is 6.79. The van der Waals surface area contributed by atoms with Crippen molar-refractivity contribution in [3.63, 3.8) is 0 Å². The van der Waals surface area contributed by atoms with Gasteiger partial charge >= 0.3 is 5.97 Å². The molecule has 0 saturated carbocycles. The van der Waals surface area contributed by atoms with Crippen molar-refractivity contribution < 1.29 is 27.8 Å². The van der Waals surface area contributed by atoms with Gasteiger partial charge in [0.1, 0.15) is 11.5 Å². The quantitative estimate of drug-likeness (QED) is 0.829. The van der Waals surface area contributed by atoms with Crippen molar-refractivity contribution in [2.75, 3.05) is 18.9 Å². The van der Waals surface area contributed by atoms with Gasteiger partial charge in [-0.25, -0.2) is 13.2 Å². The monoisotopic (exact) mass is 351 g/mol. The maximum Gasteiger partial charge on any atom is 0.335 e. The maximum absolute atomic E-state index is 12.6. The molecule has 0 spiro atoms. The molecule has 128 valence electrons. The highest BCUT2D eigenvalue weighted by atomic mass is 32.2. The topological polar surface area (TPSA) is 102 Å². The zero-order chi connectivity index (χ0) is 17.9. The highest BCUT2D eigenvalue weighted by Crippen LogP contribution is 2.31. The molecule has 24 heavy (non-hydrogen) atoms. The van der Waals surface area contributed by atoms with E-state index in [1.807, 2.05) is 0 Å². The summed E-state index contributed by atoms with van der Waals surface area (Å²) in [6, 6.07) is 8.58. The van der Waals surface area contributed by atoms with Gasteiger partial charge in [-0.05, 0) is 36.8 Å². The number of nitrogens with one attached hydrogen (secondary N) is 1. The summed E-state index contributed by atoms with van der Waals surface area (Å²) in [4.78, 5) is 11.0. The van der Waals surface area contributed by atoms with Crippen LogP contribution in [0.15, 0.2) is 41.3 Å². The molecule has 0 aliphatic carbocycles. The summed E-state index contributed by atoms with van der Waals surface area (Å²) in [5.74, 6) is -0.433. The number of sulfonamides is 1. The standard InChI is InChI=1S/C16H17NO6S/c1-10-4-6-12(9-13(10)16(18)19)24(20,21)17-14-8-11(22-2)5-7-15(14)23-3/h4-9,17H,1-3H3,(H,18,19). The number of benzene rings is 2. The van der Waals surface area contributed by atoms with Crippen LogP contribution in [0.3, 0.4) is 0 Å². The van der Waals surface area contributed by atoms with Crippen molar-refractivity contribution in [1.29, 1.82) is 0 Å². The minimum absolute atomic E-state index is 0.0736. The normalized spacial score (nSPS) is 11.0. The number of carboxylic acid groups (broad SMARTS) is 1. The van der Waals surface area contributed by atoms with E-state index in [-0.39, 0.29) is 16.1 Å². The van der Waals surface area contributed by atoms with Gasteiger partial charge in [-0.3, -0.25) is 4.72 Å². The first-order valence-electron chi connectivity index (χ1n) is 6.87. The third-order valence-corrected chi connectivity index (χ3v) is 4.76. The largest absolute Gasteiger partial charge is 0.497 e. The fourth-order valence-corrected chi connectivity index (χ4v) is 3.18. The van der Waals surface area contributed by atoms with E-state index in [0.717, 1.165) is 6.07 Å². The molecule has 2 aromatic carbocycles. The van der Waals surface area contributed by atoms with Gasteiger partial charge in [0.15, 0.2) is 0 Å². The van der Waals surface area contributed by atoms with Crippen LogP contribution in [0.5, 0.6) is 11.5 Å². The maximum atomic E-state index is 12.6. The minimum Gasteiger partial charge on any atom is -0.497 e. The van der Waals surface area contributed by atoms with Crippen LogP contribution >= 0.6 is 0 Å². The van der Waals surface area contributed by atoms with Crippen LogP contribution < -0.4 is 14.2 Å². The highest BCUT2D eigenvalue weighted by Gasteiger charge is 2.20. The van der Waals surface area contributed by atoms with Crippen LogP contribution in [0.2, 0.25) is 0 Å². The van der Waals surface area contributed by atoms with E-state index in [1.54, 1.807) is 19.1 Å². The number of carboxylic acids is 1. The van der Waals surface area contributed by atoms with E-state index in [4.69, 9.17) is 14.6 Å². The lowest BCUT2D eigenvalue weighted by Crippen LogP contribution is -2.15. The lowest BCUT2D eigenvalue weighted by Gasteiger charge is -2.13.